The van der Waals surface area contributed by atoms with E-state index in [1.807, 2.05) is 73.0 Å². The number of fused-ring (bicyclic) bond motifs is 1. The highest BCUT2D eigenvalue weighted by Crippen LogP contribution is 2.31. The summed E-state index contributed by atoms with van der Waals surface area (Å²) in [7, 11) is 1.95. The minimum absolute atomic E-state index is 0. The number of halogens is 1. The summed E-state index contributed by atoms with van der Waals surface area (Å²) in [6.45, 7) is 5.33. The Bertz CT molecular complexity index is 1160. The fraction of sp³-hybridized carbons (Fsp3) is 0.346. The second-order valence-electron chi connectivity index (χ2n) is 8.77. The zero-order valence-corrected chi connectivity index (χ0v) is 20.5. The van der Waals surface area contributed by atoms with Gasteiger partial charge in [-0.15, -0.1) is 12.4 Å². The molecule has 0 aliphatic carbocycles. The summed E-state index contributed by atoms with van der Waals surface area (Å²) in [5.74, 6) is 0. The molecule has 1 amide bonds. The lowest BCUT2D eigenvalue weighted by Gasteiger charge is -2.32. The second kappa shape index (κ2) is 11.1. The first-order chi connectivity index (χ1) is 15.9. The van der Waals surface area contributed by atoms with Crippen molar-refractivity contribution in [2.24, 2.45) is 7.05 Å². The van der Waals surface area contributed by atoms with E-state index in [2.05, 4.69) is 28.1 Å². The number of carbonyl (C=O) groups excluding carboxylic acids is 1. The van der Waals surface area contributed by atoms with Crippen molar-refractivity contribution >= 4 is 24.2 Å². The fourth-order valence-corrected chi connectivity index (χ4v) is 4.29. The Hall–Kier alpha value is -3.50. The van der Waals surface area contributed by atoms with Gasteiger partial charge in [-0.05, 0) is 49.6 Å². The molecule has 0 fully saturated rings. The number of aryl methyl sites for hydroxylation is 1. The van der Waals surface area contributed by atoms with Gasteiger partial charge in [0.05, 0.1) is 48.9 Å². The molecule has 0 saturated heterocycles. The maximum absolute atomic E-state index is 13.2. The molecular weight excluding hydrogens is 450 g/mol. The molecule has 1 aliphatic heterocycles. The molecule has 8 heteroatoms. The van der Waals surface area contributed by atoms with Gasteiger partial charge in [0.1, 0.15) is 0 Å². The van der Waals surface area contributed by atoms with E-state index in [-0.39, 0.29) is 30.6 Å². The Balaban J connectivity index is 0.00000324. The third kappa shape index (κ3) is 5.89. The smallest absolute Gasteiger partial charge is 0.410 e. The first-order valence-corrected chi connectivity index (χ1v) is 11.2. The molecular formula is C26H30ClN5O2. The van der Waals surface area contributed by atoms with E-state index < -0.39 is 0 Å². The van der Waals surface area contributed by atoms with Crippen molar-refractivity contribution in [2.75, 3.05) is 11.4 Å². The number of rotatable bonds is 5. The van der Waals surface area contributed by atoms with Gasteiger partial charge in [0.25, 0.3) is 0 Å². The summed E-state index contributed by atoms with van der Waals surface area (Å²) >= 11 is 0. The van der Waals surface area contributed by atoms with E-state index in [4.69, 9.17) is 4.74 Å². The third-order valence-electron chi connectivity index (χ3n) is 5.76. The van der Waals surface area contributed by atoms with Gasteiger partial charge in [-0.25, -0.2) is 9.78 Å². The Kier molecular flexibility index (Phi) is 8.19. The molecule has 178 valence electrons. The van der Waals surface area contributed by atoms with Crippen LogP contribution in [0.15, 0.2) is 61.1 Å². The van der Waals surface area contributed by atoms with Crippen LogP contribution in [0.25, 0.3) is 0 Å². The summed E-state index contributed by atoms with van der Waals surface area (Å²) in [4.78, 5) is 21.8. The minimum Gasteiger partial charge on any atom is -0.447 e. The minimum atomic E-state index is -0.334. The average molecular weight is 480 g/mol. The first kappa shape index (κ1) is 25.1. The maximum atomic E-state index is 13.2. The van der Waals surface area contributed by atoms with E-state index in [0.29, 0.717) is 31.6 Å². The van der Waals surface area contributed by atoms with Crippen molar-refractivity contribution in [3.05, 3.63) is 83.4 Å². The molecule has 0 saturated carbocycles. The van der Waals surface area contributed by atoms with E-state index in [0.717, 1.165) is 22.5 Å². The molecule has 1 atom stereocenters. The number of ether oxygens (including phenoxy) is 1. The molecule has 7 nitrogen and oxygen atoms in total. The lowest BCUT2D eigenvalue weighted by Crippen LogP contribution is -2.46. The standard InChI is InChI=1S/C26H29N5O2.ClH/c1-19(2)33-26(32)31-14-22-11-21(13-27)9-10-25(22)30(16-23-15-29(3)18-28-23)17-24(31)12-20-7-5-4-6-8-20;/h4-11,15,18-19,24H,12,14,16-17H2,1-3H3;1H/t24-;/m1./s1. The highest BCUT2D eigenvalue weighted by molar-refractivity contribution is 5.85. The van der Waals surface area contributed by atoms with Crippen molar-refractivity contribution in [3.63, 3.8) is 0 Å². The molecule has 2 aromatic carbocycles. The molecule has 34 heavy (non-hydrogen) atoms. The lowest BCUT2D eigenvalue weighted by molar-refractivity contribution is 0.0619. The summed E-state index contributed by atoms with van der Waals surface area (Å²) in [6, 6.07) is 18.0. The number of imidazole rings is 1. The van der Waals surface area contributed by atoms with Gasteiger partial charge in [0.15, 0.2) is 0 Å². The van der Waals surface area contributed by atoms with Crippen molar-refractivity contribution in [1.29, 1.82) is 5.26 Å². The Morgan fingerprint density at radius 3 is 2.65 bits per heavy atom. The second-order valence-corrected chi connectivity index (χ2v) is 8.77. The molecule has 0 radical (unpaired) electrons. The third-order valence-corrected chi connectivity index (χ3v) is 5.76. The van der Waals surface area contributed by atoms with Crippen LogP contribution < -0.4 is 4.90 Å². The predicted molar refractivity (Wildman–Crippen MR) is 134 cm³/mol. The van der Waals surface area contributed by atoms with Gasteiger partial charge in [0, 0.05) is 25.5 Å². The Morgan fingerprint density at radius 1 is 1.24 bits per heavy atom. The van der Waals surface area contributed by atoms with Crippen LogP contribution in [0.2, 0.25) is 0 Å². The molecule has 0 unspecified atom stereocenters. The van der Waals surface area contributed by atoms with Crippen molar-refractivity contribution in [3.8, 4) is 6.07 Å². The van der Waals surface area contributed by atoms with Crippen LogP contribution in [0.1, 0.15) is 36.2 Å². The largest absolute Gasteiger partial charge is 0.447 e. The number of carbonyl (C=O) groups is 1. The number of amides is 1. The molecule has 4 rings (SSSR count). The number of nitriles is 1. The molecule has 0 N–H and O–H groups in total. The molecule has 2 heterocycles. The predicted octanol–water partition coefficient (Wildman–Crippen LogP) is 4.69. The number of anilines is 1. The van der Waals surface area contributed by atoms with E-state index in [1.54, 1.807) is 6.33 Å². The summed E-state index contributed by atoms with van der Waals surface area (Å²) < 4.78 is 7.56. The zero-order valence-electron chi connectivity index (χ0n) is 19.7. The monoisotopic (exact) mass is 479 g/mol. The highest BCUT2D eigenvalue weighted by atomic mass is 35.5. The van der Waals surface area contributed by atoms with Crippen LogP contribution in [0.4, 0.5) is 10.5 Å². The molecule has 1 aromatic heterocycles. The van der Waals surface area contributed by atoms with Crippen LogP contribution in [0, 0.1) is 11.3 Å². The normalized spacial score (nSPS) is 15.2. The van der Waals surface area contributed by atoms with Gasteiger partial charge < -0.3 is 14.2 Å². The van der Waals surface area contributed by atoms with Crippen LogP contribution >= 0.6 is 12.4 Å². The SMILES string of the molecule is CC(C)OC(=O)N1Cc2cc(C#N)ccc2N(Cc2cn(C)cn2)C[C@H]1Cc1ccccc1.Cl. The number of nitrogens with zero attached hydrogens (tertiary/aromatic N) is 5. The first-order valence-electron chi connectivity index (χ1n) is 11.2. The van der Waals surface area contributed by atoms with Crippen molar-refractivity contribution in [2.45, 2.75) is 45.5 Å². The zero-order chi connectivity index (χ0) is 23.4. The molecule has 1 aliphatic rings. The van der Waals surface area contributed by atoms with Crippen LogP contribution in [-0.2, 0) is 31.3 Å². The van der Waals surface area contributed by atoms with E-state index in [9.17, 15) is 10.1 Å². The number of hydrogen-bond acceptors (Lipinski definition) is 5. The Morgan fingerprint density at radius 2 is 2.00 bits per heavy atom. The summed E-state index contributed by atoms with van der Waals surface area (Å²) in [6.07, 6.45) is 3.95. The molecule has 3 aromatic rings. The van der Waals surface area contributed by atoms with Crippen molar-refractivity contribution in [1.82, 2.24) is 14.5 Å². The number of benzene rings is 2. The topological polar surface area (TPSA) is 74.4 Å². The number of aromatic nitrogens is 2. The highest BCUT2D eigenvalue weighted by Gasteiger charge is 2.33. The van der Waals surface area contributed by atoms with Gasteiger partial charge in [-0.3, -0.25) is 4.90 Å². The maximum Gasteiger partial charge on any atom is 0.410 e. The summed E-state index contributed by atoms with van der Waals surface area (Å²) in [5, 5.41) is 9.47. The van der Waals surface area contributed by atoms with Crippen LogP contribution in [0.5, 0.6) is 0 Å². The lowest BCUT2D eigenvalue weighted by atomic mass is 10.0. The molecule has 0 bridgehead atoms. The molecule has 0 spiro atoms. The fourth-order valence-electron chi connectivity index (χ4n) is 4.29. The van der Waals surface area contributed by atoms with Gasteiger partial charge in [-0.1, -0.05) is 30.3 Å². The van der Waals surface area contributed by atoms with Crippen molar-refractivity contribution < 1.29 is 9.53 Å². The Labute approximate surface area is 207 Å². The average Bonchev–Trinajstić information content (AvgIpc) is 3.14. The number of hydrogen-bond donors (Lipinski definition) is 0. The van der Waals surface area contributed by atoms with E-state index >= 15 is 0 Å². The summed E-state index contributed by atoms with van der Waals surface area (Å²) in [5.41, 5.74) is 4.62. The van der Waals surface area contributed by atoms with E-state index in [1.165, 1.54) is 0 Å². The van der Waals surface area contributed by atoms with Gasteiger partial charge >= 0.3 is 6.09 Å². The quantitative estimate of drug-likeness (QED) is 0.530. The van der Waals surface area contributed by atoms with Crippen LogP contribution in [0.3, 0.4) is 0 Å². The van der Waals surface area contributed by atoms with Gasteiger partial charge in [0.2, 0.25) is 0 Å². The van der Waals surface area contributed by atoms with Crippen LogP contribution in [-0.4, -0.2) is 39.2 Å². The van der Waals surface area contributed by atoms with Gasteiger partial charge in [-0.2, -0.15) is 5.26 Å².